The molecule has 0 aliphatic heterocycles. The number of esters is 1. The second-order valence-electron chi connectivity index (χ2n) is 2.06. The summed E-state index contributed by atoms with van der Waals surface area (Å²) in [5, 5.41) is 0.818. The van der Waals surface area contributed by atoms with Crippen molar-refractivity contribution in [2.45, 2.75) is 5.03 Å². The Labute approximate surface area is 75.1 Å². The monoisotopic (exact) mass is 183 g/mol. The summed E-state index contributed by atoms with van der Waals surface area (Å²) in [5.74, 6) is -0.397. The molecule has 0 amide bonds. The maximum atomic E-state index is 11.0. The number of ether oxygens (including phenoxy) is 1. The fourth-order valence-electron chi connectivity index (χ4n) is 0.747. The topological polar surface area (TPSA) is 39.2 Å². The van der Waals surface area contributed by atoms with Crippen molar-refractivity contribution in [1.82, 2.24) is 4.98 Å². The third-order valence-electron chi connectivity index (χ3n) is 1.33. The number of hydrogen-bond acceptors (Lipinski definition) is 4. The third-order valence-corrected chi connectivity index (χ3v) is 1.97. The van der Waals surface area contributed by atoms with E-state index in [4.69, 9.17) is 0 Å². The number of rotatable bonds is 2. The Morgan fingerprint density at radius 2 is 2.33 bits per heavy atom. The molecule has 0 aliphatic carbocycles. The lowest BCUT2D eigenvalue weighted by atomic mass is 10.4. The second-order valence-corrected chi connectivity index (χ2v) is 2.88. The van der Waals surface area contributed by atoms with E-state index in [0.29, 0.717) is 5.69 Å². The number of aromatic nitrogens is 1. The average Bonchev–Trinajstić information content (AvgIpc) is 2.17. The number of carbonyl (C=O) groups excluding carboxylic acids is 1. The molecular weight excluding hydrogens is 174 g/mol. The van der Waals surface area contributed by atoms with Crippen molar-refractivity contribution in [3.8, 4) is 0 Å². The molecule has 0 unspecified atom stereocenters. The van der Waals surface area contributed by atoms with Crippen molar-refractivity contribution in [3.05, 3.63) is 23.9 Å². The van der Waals surface area contributed by atoms with Crippen LogP contribution in [0.1, 0.15) is 10.5 Å². The quantitative estimate of drug-likeness (QED) is 0.515. The van der Waals surface area contributed by atoms with Crippen molar-refractivity contribution >= 4 is 17.7 Å². The van der Waals surface area contributed by atoms with Crippen molar-refractivity contribution in [1.29, 1.82) is 0 Å². The molecule has 0 saturated carbocycles. The lowest BCUT2D eigenvalue weighted by Gasteiger charge is -1.99. The van der Waals surface area contributed by atoms with Crippen LogP contribution < -0.4 is 0 Å². The Balaban J connectivity index is 2.93. The fraction of sp³-hybridized carbons (Fsp3) is 0.250. The van der Waals surface area contributed by atoms with Crippen molar-refractivity contribution in [3.63, 3.8) is 0 Å². The maximum absolute atomic E-state index is 11.0. The van der Waals surface area contributed by atoms with Gasteiger partial charge in [0.25, 0.3) is 0 Å². The molecule has 1 heterocycles. The van der Waals surface area contributed by atoms with Crippen LogP contribution in [0.4, 0.5) is 0 Å². The Hall–Kier alpha value is -1.03. The van der Waals surface area contributed by atoms with Gasteiger partial charge in [0.05, 0.1) is 12.1 Å². The molecule has 0 atom stereocenters. The Morgan fingerprint density at radius 1 is 1.58 bits per heavy atom. The van der Waals surface area contributed by atoms with E-state index in [1.807, 2.05) is 12.3 Å². The molecule has 0 spiro atoms. The van der Waals surface area contributed by atoms with Crippen LogP contribution in [0.25, 0.3) is 0 Å². The van der Waals surface area contributed by atoms with Gasteiger partial charge in [-0.2, -0.15) is 0 Å². The van der Waals surface area contributed by atoms with Gasteiger partial charge in [0, 0.05) is 0 Å². The highest BCUT2D eigenvalue weighted by Crippen LogP contribution is 2.11. The third kappa shape index (κ3) is 1.98. The molecule has 0 fully saturated rings. The molecule has 0 radical (unpaired) electrons. The molecular formula is C8H9NO2S. The fourth-order valence-corrected chi connectivity index (χ4v) is 1.15. The van der Waals surface area contributed by atoms with Crippen LogP contribution in [0.3, 0.4) is 0 Å². The Morgan fingerprint density at radius 3 is 2.92 bits per heavy atom. The van der Waals surface area contributed by atoms with Gasteiger partial charge in [-0.25, -0.2) is 9.78 Å². The number of nitrogens with zero attached hydrogens (tertiary/aromatic N) is 1. The average molecular weight is 183 g/mol. The summed E-state index contributed by atoms with van der Waals surface area (Å²) < 4.78 is 4.53. The van der Waals surface area contributed by atoms with E-state index in [0.717, 1.165) is 5.03 Å². The molecule has 12 heavy (non-hydrogen) atoms. The summed E-state index contributed by atoms with van der Waals surface area (Å²) in [5.41, 5.74) is 0.351. The number of thioether (sulfide) groups is 1. The molecule has 0 aliphatic rings. The van der Waals surface area contributed by atoms with E-state index in [-0.39, 0.29) is 0 Å². The Kier molecular flexibility index (Phi) is 3.10. The zero-order chi connectivity index (χ0) is 8.97. The second kappa shape index (κ2) is 4.11. The highest BCUT2D eigenvalue weighted by Gasteiger charge is 2.06. The Bertz CT molecular complexity index is 288. The van der Waals surface area contributed by atoms with Crippen LogP contribution in [-0.2, 0) is 4.74 Å². The highest BCUT2D eigenvalue weighted by molar-refractivity contribution is 7.98. The first kappa shape index (κ1) is 9.06. The van der Waals surface area contributed by atoms with E-state index in [1.54, 1.807) is 12.1 Å². The van der Waals surface area contributed by atoms with Crippen LogP contribution in [0.5, 0.6) is 0 Å². The minimum atomic E-state index is -0.397. The first-order valence-corrected chi connectivity index (χ1v) is 4.59. The molecule has 64 valence electrons. The lowest BCUT2D eigenvalue weighted by Crippen LogP contribution is -2.03. The molecule has 3 nitrogen and oxygen atoms in total. The largest absolute Gasteiger partial charge is 0.464 e. The molecule has 4 heteroatoms. The van der Waals surface area contributed by atoms with Crippen LogP contribution >= 0.6 is 11.8 Å². The number of hydrogen-bond donors (Lipinski definition) is 0. The van der Waals surface area contributed by atoms with Gasteiger partial charge in [0.15, 0.2) is 0 Å². The number of pyridine rings is 1. The van der Waals surface area contributed by atoms with Gasteiger partial charge in [-0.1, -0.05) is 6.07 Å². The highest BCUT2D eigenvalue weighted by atomic mass is 32.2. The van der Waals surface area contributed by atoms with Gasteiger partial charge in [0.2, 0.25) is 0 Å². The zero-order valence-corrected chi connectivity index (χ0v) is 7.72. The summed E-state index contributed by atoms with van der Waals surface area (Å²) in [6.07, 6.45) is 1.91. The molecule has 0 saturated heterocycles. The summed E-state index contributed by atoms with van der Waals surface area (Å²) in [4.78, 5) is 15.0. The van der Waals surface area contributed by atoms with E-state index in [1.165, 1.54) is 18.9 Å². The normalized spacial score (nSPS) is 9.50. The van der Waals surface area contributed by atoms with Crippen LogP contribution in [0.15, 0.2) is 23.2 Å². The predicted molar refractivity (Wildman–Crippen MR) is 47.4 cm³/mol. The summed E-state index contributed by atoms with van der Waals surface area (Å²) in [7, 11) is 1.34. The smallest absolute Gasteiger partial charge is 0.356 e. The molecule has 0 aromatic carbocycles. The zero-order valence-electron chi connectivity index (χ0n) is 6.90. The van der Waals surface area contributed by atoms with E-state index in [9.17, 15) is 4.79 Å². The first-order chi connectivity index (χ1) is 5.77. The SMILES string of the molecule is COC(=O)c1cccc(SC)n1. The van der Waals surface area contributed by atoms with Gasteiger partial charge in [-0.15, -0.1) is 11.8 Å². The van der Waals surface area contributed by atoms with Crippen LogP contribution in [-0.4, -0.2) is 24.3 Å². The van der Waals surface area contributed by atoms with E-state index in [2.05, 4.69) is 9.72 Å². The standard InChI is InChI=1S/C8H9NO2S/c1-11-8(10)6-4-3-5-7(9-6)12-2/h3-5H,1-2H3. The van der Waals surface area contributed by atoms with Crippen molar-refractivity contribution < 1.29 is 9.53 Å². The molecule has 1 rings (SSSR count). The van der Waals surface area contributed by atoms with Crippen LogP contribution in [0, 0.1) is 0 Å². The van der Waals surface area contributed by atoms with Crippen molar-refractivity contribution in [2.24, 2.45) is 0 Å². The summed E-state index contributed by atoms with van der Waals surface area (Å²) in [6.45, 7) is 0. The van der Waals surface area contributed by atoms with Gasteiger partial charge in [0.1, 0.15) is 5.69 Å². The van der Waals surface area contributed by atoms with Gasteiger partial charge >= 0.3 is 5.97 Å². The predicted octanol–water partition coefficient (Wildman–Crippen LogP) is 1.59. The minimum absolute atomic E-state index is 0.351. The lowest BCUT2D eigenvalue weighted by molar-refractivity contribution is 0.0593. The van der Waals surface area contributed by atoms with Crippen molar-refractivity contribution in [2.75, 3.05) is 13.4 Å². The summed E-state index contributed by atoms with van der Waals surface area (Å²) in [6, 6.07) is 5.26. The molecule has 1 aromatic rings. The number of carbonyl (C=O) groups is 1. The van der Waals surface area contributed by atoms with Crippen LogP contribution in [0.2, 0.25) is 0 Å². The van der Waals surface area contributed by atoms with Gasteiger partial charge in [-0.3, -0.25) is 0 Å². The molecule has 1 aromatic heterocycles. The maximum Gasteiger partial charge on any atom is 0.356 e. The molecule has 0 bridgehead atoms. The van der Waals surface area contributed by atoms with E-state index < -0.39 is 5.97 Å². The minimum Gasteiger partial charge on any atom is -0.464 e. The number of methoxy groups -OCH3 is 1. The molecule has 0 N–H and O–H groups in total. The first-order valence-electron chi connectivity index (χ1n) is 3.37. The van der Waals surface area contributed by atoms with Gasteiger partial charge in [-0.05, 0) is 18.4 Å². The summed E-state index contributed by atoms with van der Waals surface area (Å²) >= 11 is 1.49. The van der Waals surface area contributed by atoms with E-state index >= 15 is 0 Å². The van der Waals surface area contributed by atoms with Gasteiger partial charge < -0.3 is 4.74 Å².